The number of phenolic OH excluding ortho intramolecular Hbond substituents is 1. The molecule has 0 aliphatic rings. The number of rotatable bonds is 5. The van der Waals surface area contributed by atoms with Crippen molar-refractivity contribution in [2.45, 2.75) is 18.9 Å². The van der Waals surface area contributed by atoms with E-state index in [1.54, 1.807) is 19.1 Å². The molecule has 0 bridgehead atoms. The zero-order valence-electron chi connectivity index (χ0n) is 8.95. The molecule has 1 atom stereocenters. The van der Waals surface area contributed by atoms with Gasteiger partial charge < -0.3 is 15.5 Å². The van der Waals surface area contributed by atoms with Crippen molar-refractivity contribution >= 4 is 0 Å². The molecule has 5 heteroatoms. The van der Waals surface area contributed by atoms with E-state index in [1.807, 2.05) is 0 Å². The Hall–Kier alpha value is -1.20. The maximum Gasteiger partial charge on any atom is 0.282 e. The second-order valence-corrected chi connectivity index (χ2v) is 3.71. The molecule has 1 aromatic rings. The standard InChI is InChI=1S/C11H15F2NO2/c1-8(14-6-11(12,13)7-15)9-2-4-10(16)5-3-9/h2-5,8,14-16H,6-7H2,1H3. The van der Waals surface area contributed by atoms with E-state index in [1.165, 1.54) is 12.1 Å². The van der Waals surface area contributed by atoms with Gasteiger partial charge in [-0.1, -0.05) is 12.1 Å². The summed E-state index contributed by atoms with van der Waals surface area (Å²) in [7, 11) is 0. The average molecular weight is 231 g/mol. The first-order chi connectivity index (χ1) is 7.44. The summed E-state index contributed by atoms with van der Waals surface area (Å²) < 4.78 is 25.5. The molecule has 3 nitrogen and oxygen atoms in total. The van der Waals surface area contributed by atoms with Gasteiger partial charge in [0.1, 0.15) is 12.4 Å². The maximum absolute atomic E-state index is 12.7. The van der Waals surface area contributed by atoms with Gasteiger partial charge >= 0.3 is 0 Å². The molecule has 1 aromatic carbocycles. The zero-order valence-corrected chi connectivity index (χ0v) is 8.95. The third-order valence-electron chi connectivity index (χ3n) is 2.29. The van der Waals surface area contributed by atoms with E-state index in [-0.39, 0.29) is 11.8 Å². The normalized spacial score (nSPS) is 13.8. The Morgan fingerprint density at radius 2 is 1.88 bits per heavy atom. The summed E-state index contributed by atoms with van der Waals surface area (Å²) in [5.74, 6) is -2.97. The molecule has 0 aliphatic carbocycles. The smallest absolute Gasteiger partial charge is 0.282 e. The topological polar surface area (TPSA) is 52.5 Å². The van der Waals surface area contributed by atoms with E-state index in [4.69, 9.17) is 10.2 Å². The van der Waals surface area contributed by atoms with Gasteiger partial charge in [-0.3, -0.25) is 0 Å². The summed E-state index contributed by atoms with van der Waals surface area (Å²) in [5.41, 5.74) is 0.798. The van der Waals surface area contributed by atoms with Crippen LogP contribution in [-0.4, -0.2) is 29.3 Å². The third kappa shape index (κ3) is 3.75. The first-order valence-electron chi connectivity index (χ1n) is 4.95. The molecule has 0 amide bonds. The summed E-state index contributed by atoms with van der Waals surface area (Å²) in [5, 5.41) is 20.1. The summed E-state index contributed by atoms with van der Waals surface area (Å²) in [6, 6.07) is 6.04. The third-order valence-corrected chi connectivity index (χ3v) is 2.29. The molecule has 0 spiro atoms. The Bertz CT molecular complexity index is 327. The van der Waals surface area contributed by atoms with Gasteiger partial charge in [-0.25, -0.2) is 8.78 Å². The van der Waals surface area contributed by atoms with E-state index in [9.17, 15) is 8.78 Å². The van der Waals surface area contributed by atoms with Crippen molar-refractivity contribution in [1.29, 1.82) is 0 Å². The number of phenols is 1. The number of hydrogen-bond acceptors (Lipinski definition) is 3. The van der Waals surface area contributed by atoms with E-state index in [0.717, 1.165) is 5.56 Å². The van der Waals surface area contributed by atoms with E-state index in [2.05, 4.69) is 5.32 Å². The number of aliphatic hydroxyl groups excluding tert-OH is 1. The van der Waals surface area contributed by atoms with Gasteiger partial charge in [-0.15, -0.1) is 0 Å². The number of aliphatic hydroxyl groups is 1. The van der Waals surface area contributed by atoms with Crippen LogP contribution in [0.2, 0.25) is 0 Å². The highest BCUT2D eigenvalue weighted by Gasteiger charge is 2.27. The highest BCUT2D eigenvalue weighted by molar-refractivity contribution is 5.27. The monoisotopic (exact) mass is 231 g/mol. The van der Waals surface area contributed by atoms with Crippen LogP contribution >= 0.6 is 0 Å². The number of halogens is 2. The lowest BCUT2D eigenvalue weighted by molar-refractivity contribution is -0.0490. The van der Waals surface area contributed by atoms with Gasteiger partial charge in [0.15, 0.2) is 0 Å². The minimum atomic E-state index is -3.11. The van der Waals surface area contributed by atoms with E-state index >= 15 is 0 Å². The molecule has 0 radical (unpaired) electrons. The lowest BCUT2D eigenvalue weighted by Gasteiger charge is -2.19. The molecule has 0 aromatic heterocycles. The summed E-state index contributed by atoms with van der Waals surface area (Å²) in [6.45, 7) is -0.00627. The molecule has 1 unspecified atom stereocenters. The molecular formula is C11H15F2NO2. The lowest BCUT2D eigenvalue weighted by Crippen LogP contribution is -2.37. The maximum atomic E-state index is 12.7. The molecule has 0 saturated heterocycles. The number of alkyl halides is 2. The Balaban J connectivity index is 2.53. The van der Waals surface area contributed by atoms with Crippen molar-refractivity contribution in [3.05, 3.63) is 29.8 Å². The molecule has 0 heterocycles. The Kier molecular flexibility index (Phi) is 4.20. The Morgan fingerprint density at radius 1 is 1.31 bits per heavy atom. The van der Waals surface area contributed by atoms with Gasteiger partial charge in [0.2, 0.25) is 0 Å². The van der Waals surface area contributed by atoms with Crippen LogP contribution in [0, 0.1) is 0 Å². The van der Waals surface area contributed by atoms with Crippen molar-refractivity contribution in [1.82, 2.24) is 5.32 Å². The molecule has 1 rings (SSSR count). The Morgan fingerprint density at radius 3 is 2.38 bits per heavy atom. The second kappa shape index (κ2) is 5.23. The van der Waals surface area contributed by atoms with E-state index in [0.29, 0.717) is 0 Å². The van der Waals surface area contributed by atoms with Gasteiger partial charge in [0, 0.05) is 6.04 Å². The van der Waals surface area contributed by atoms with Crippen LogP contribution in [0.4, 0.5) is 8.78 Å². The lowest BCUT2D eigenvalue weighted by atomic mass is 10.1. The zero-order chi connectivity index (χ0) is 12.2. The molecule has 3 N–H and O–H groups in total. The summed E-state index contributed by atoms with van der Waals surface area (Å²) in [6.07, 6.45) is 0. The SMILES string of the molecule is CC(NCC(F)(F)CO)c1ccc(O)cc1. The summed E-state index contributed by atoms with van der Waals surface area (Å²) >= 11 is 0. The Labute approximate surface area is 92.7 Å². The minimum Gasteiger partial charge on any atom is -0.508 e. The number of benzene rings is 1. The van der Waals surface area contributed by atoms with Crippen molar-refractivity contribution in [3.8, 4) is 5.75 Å². The number of hydrogen-bond donors (Lipinski definition) is 3. The van der Waals surface area contributed by atoms with E-state index < -0.39 is 19.1 Å². The van der Waals surface area contributed by atoms with Crippen molar-refractivity contribution in [2.75, 3.05) is 13.2 Å². The minimum absolute atomic E-state index is 0.136. The predicted octanol–water partition coefficient (Wildman–Crippen LogP) is 1.67. The number of nitrogens with one attached hydrogen (secondary N) is 1. The van der Waals surface area contributed by atoms with Crippen molar-refractivity contribution in [3.63, 3.8) is 0 Å². The average Bonchev–Trinajstić information content (AvgIpc) is 2.27. The quantitative estimate of drug-likeness (QED) is 0.722. The highest BCUT2D eigenvalue weighted by Crippen LogP contribution is 2.18. The number of aromatic hydroxyl groups is 1. The van der Waals surface area contributed by atoms with Crippen LogP contribution in [0.25, 0.3) is 0 Å². The largest absolute Gasteiger partial charge is 0.508 e. The first-order valence-corrected chi connectivity index (χ1v) is 4.95. The molecule has 90 valence electrons. The van der Waals surface area contributed by atoms with Crippen LogP contribution in [0.5, 0.6) is 5.75 Å². The van der Waals surface area contributed by atoms with Gasteiger partial charge in [-0.2, -0.15) is 0 Å². The molecular weight excluding hydrogens is 216 g/mol. The van der Waals surface area contributed by atoms with Gasteiger partial charge in [-0.05, 0) is 24.6 Å². The van der Waals surface area contributed by atoms with Crippen LogP contribution in [-0.2, 0) is 0 Å². The van der Waals surface area contributed by atoms with Gasteiger partial charge in [0.25, 0.3) is 5.92 Å². The highest BCUT2D eigenvalue weighted by atomic mass is 19.3. The van der Waals surface area contributed by atoms with Crippen LogP contribution in [0.1, 0.15) is 18.5 Å². The second-order valence-electron chi connectivity index (χ2n) is 3.71. The first kappa shape index (κ1) is 12.9. The molecule has 0 saturated carbocycles. The van der Waals surface area contributed by atoms with Crippen LogP contribution in [0.15, 0.2) is 24.3 Å². The fraction of sp³-hybridized carbons (Fsp3) is 0.455. The van der Waals surface area contributed by atoms with Gasteiger partial charge in [0.05, 0.1) is 6.54 Å². The van der Waals surface area contributed by atoms with Crippen LogP contribution in [0.3, 0.4) is 0 Å². The fourth-order valence-corrected chi connectivity index (χ4v) is 1.24. The fourth-order valence-electron chi connectivity index (χ4n) is 1.24. The molecule has 0 fully saturated rings. The van der Waals surface area contributed by atoms with Crippen molar-refractivity contribution < 1.29 is 19.0 Å². The van der Waals surface area contributed by atoms with Crippen molar-refractivity contribution in [2.24, 2.45) is 0 Å². The molecule has 16 heavy (non-hydrogen) atoms. The summed E-state index contributed by atoms with van der Waals surface area (Å²) in [4.78, 5) is 0. The predicted molar refractivity (Wildman–Crippen MR) is 56.6 cm³/mol. The molecule has 0 aliphatic heterocycles. The van der Waals surface area contributed by atoms with Crippen LogP contribution < -0.4 is 5.32 Å².